The molecule has 6 nitrogen and oxygen atoms in total. The molecule has 2 rings (SSSR count). The summed E-state index contributed by atoms with van der Waals surface area (Å²) in [6, 6.07) is 0. The minimum Gasteiger partial charge on any atom is -0.369 e. The van der Waals surface area contributed by atoms with Crippen LogP contribution in [0.3, 0.4) is 0 Å². The number of hydrogen-bond acceptors (Lipinski definition) is 5. The van der Waals surface area contributed by atoms with Gasteiger partial charge in [0.25, 0.3) is 0 Å². The van der Waals surface area contributed by atoms with Crippen molar-refractivity contribution in [3.8, 4) is 0 Å². The number of likely N-dealkylation sites (N-methyl/N-ethyl adjacent to an activating group) is 1. The van der Waals surface area contributed by atoms with E-state index in [0.29, 0.717) is 6.54 Å². The summed E-state index contributed by atoms with van der Waals surface area (Å²) < 4.78 is 0.798. The summed E-state index contributed by atoms with van der Waals surface area (Å²) in [5, 5.41) is 3.18. The minimum absolute atomic E-state index is 0.0965. The Morgan fingerprint density at radius 2 is 2.10 bits per heavy atom. The largest absolute Gasteiger partial charge is 0.369 e. The normalized spacial score (nSPS) is 18.4. The average Bonchev–Trinajstić information content (AvgIpc) is 2.40. The highest BCUT2D eigenvalue weighted by molar-refractivity contribution is 9.10. The quantitative estimate of drug-likeness (QED) is 0.907. The van der Waals surface area contributed by atoms with Gasteiger partial charge in [0, 0.05) is 26.7 Å². The summed E-state index contributed by atoms with van der Waals surface area (Å²) in [5.74, 6) is 1.60. The van der Waals surface area contributed by atoms with Gasteiger partial charge in [-0.1, -0.05) is 0 Å². The number of hydrogen-bond donors (Lipinski definition) is 1. The van der Waals surface area contributed by atoms with Crippen LogP contribution in [0, 0.1) is 0 Å². The lowest BCUT2D eigenvalue weighted by Gasteiger charge is -2.45. The average molecular weight is 342 g/mol. The fraction of sp³-hybridized carbons (Fsp3) is 0.615. The molecule has 110 valence electrons. The minimum atomic E-state index is -0.618. The molecule has 20 heavy (non-hydrogen) atoms. The van der Waals surface area contributed by atoms with Crippen LogP contribution in [0.5, 0.6) is 0 Å². The Bertz CT molecular complexity index is 519. The van der Waals surface area contributed by atoms with Crippen molar-refractivity contribution in [1.29, 1.82) is 0 Å². The maximum Gasteiger partial charge on any atom is 0.247 e. The van der Waals surface area contributed by atoms with Gasteiger partial charge in [-0.3, -0.25) is 4.79 Å². The van der Waals surface area contributed by atoms with E-state index in [-0.39, 0.29) is 5.91 Å². The number of piperazine rings is 1. The third-order valence-electron chi connectivity index (χ3n) is 3.57. The lowest BCUT2D eigenvalue weighted by atomic mass is 9.98. The van der Waals surface area contributed by atoms with Crippen LogP contribution in [-0.2, 0) is 4.79 Å². The van der Waals surface area contributed by atoms with Gasteiger partial charge >= 0.3 is 0 Å². The summed E-state index contributed by atoms with van der Waals surface area (Å²) in [7, 11) is 1.83. The molecule has 2 heterocycles. The molecule has 1 aromatic rings. The first-order valence-electron chi connectivity index (χ1n) is 6.67. The summed E-state index contributed by atoms with van der Waals surface area (Å²) in [4.78, 5) is 24.7. The first kappa shape index (κ1) is 15.0. The second-order valence-corrected chi connectivity index (χ2v) is 6.12. The molecule has 0 unspecified atom stereocenters. The highest BCUT2D eigenvalue weighted by Gasteiger charge is 2.42. The number of aromatic nitrogens is 2. The number of carbonyl (C=O) groups excluding carboxylic acids is 1. The van der Waals surface area contributed by atoms with Crippen LogP contribution < -0.4 is 10.2 Å². The smallest absolute Gasteiger partial charge is 0.247 e. The van der Waals surface area contributed by atoms with Gasteiger partial charge < -0.3 is 15.1 Å². The fourth-order valence-corrected chi connectivity index (χ4v) is 2.98. The van der Waals surface area contributed by atoms with Gasteiger partial charge in [-0.15, -0.1) is 0 Å². The molecule has 1 aromatic heterocycles. The summed E-state index contributed by atoms with van der Waals surface area (Å²) >= 11 is 3.55. The molecule has 0 saturated carbocycles. The lowest BCUT2D eigenvalue weighted by Crippen LogP contribution is -2.62. The number of nitrogens with zero attached hydrogens (tertiary/aromatic N) is 4. The van der Waals surface area contributed by atoms with Gasteiger partial charge in [-0.2, -0.15) is 0 Å². The Labute approximate surface area is 127 Å². The third kappa shape index (κ3) is 2.46. The van der Waals surface area contributed by atoms with Gasteiger partial charge in [0.2, 0.25) is 5.91 Å². The lowest BCUT2D eigenvalue weighted by molar-refractivity contribution is -0.136. The topological polar surface area (TPSA) is 61.4 Å². The Kier molecular flexibility index (Phi) is 4.17. The van der Waals surface area contributed by atoms with E-state index in [0.717, 1.165) is 29.2 Å². The molecule has 1 saturated heterocycles. The van der Waals surface area contributed by atoms with E-state index < -0.39 is 5.54 Å². The molecular formula is C13H20BrN5O. The molecule has 1 aliphatic heterocycles. The third-order valence-corrected chi connectivity index (χ3v) is 4.31. The van der Waals surface area contributed by atoms with Gasteiger partial charge in [-0.25, -0.2) is 9.97 Å². The molecule has 1 fully saturated rings. The zero-order valence-corrected chi connectivity index (χ0v) is 13.9. The van der Waals surface area contributed by atoms with Crippen LogP contribution in [-0.4, -0.2) is 53.0 Å². The van der Waals surface area contributed by atoms with Crippen molar-refractivity contribution in [1.82, 2.24) is 14.9 Å². The number of halogens is 1. The van der Waals surface area contributed by atoms with Crippen LogP contribution >= 0.6 is 15.9 Å². The van der Waals surface area contributed by atoms with Crippen LogP contribution in [0.15, 0.2) is 10.8 Å². The van der Waals surface area contributed by atoms with Crippen molar-refractivity contribution in [3.63, 3.8) is 0 Å². The molecule has 7 heteroatoms. The van der Waals surface area contributed by atoms with E-state index in [1.807, 2.05) is 32.7 Å². The molecule has 1 N–H and O–H groups in total. The Morgan fingerprint density at radius 1 is 1.40 bits per heavy atom. The van der Waals surface area contributed by atoms with Crippen molar-refractivity contribution >= 4 is 33.5 Å². The second-order valence-electron chi connectivity index (χ2n) is 5.33. The zero-order valence-electron chi connectivity index (χ0n) is 12.3. The number of carbonyl (C=O) groups is 1. The Balaban J connectivity index is 2.41. The second kappa shape index (κ2) is 5.55. The molecule has 1 amide bonds. The number of amides is 1. The van der Waals surface area contributed by atoms with E-state index >= 15 is 0 Å². The van der Waals surface area contributed by atoms with E-state index in [2.05, 4.69) is 31.2 Å². The van der Waals surface area contributed by atoms with E-state index in [1.165, 1.54) is 6.33 Å². The maximum absolute atomic E-state index is 12.4. The van der Waals surface area contributed by atoms with E-state index in [4.69, 9.17) is 0 Å². The predicted octanol–water partition coefficient (Wildman–Crippen LogP) is 1.73. The van der Waals surface area contributed by atoms with Gasteiger partial charge in [-0.05, 0) is 36.7 Å². The summed E-state index contributed by atoms with van der Waals surface area (Å²) in [6.07, 6.45) is 1.52. The first-order chi connectivity index (χ1) is 9.39. The Hall–Kier alpha value is -1.37. The van der Waals surface area contributed by atoms with Crippen LogP contribution in [0.4, 0.5) is 11.6 Å². The predicted molar refractivity (Wildman–Crippen MR) is 83.0 cm³/mol. The highest BCUT2D eigenvalue weighted by atomic mass is 79.9. The Morgan fingerprint density at radius 3 is 2.75 bits per heavy atom. The van der Waals surface area contributed by atoms with Crippen molar-refractivity contribution < 1.29 is 4.79 Å². The van der Waals surface area contributed by atoms with Gasteiger partial charge in [0.1, 0.15) is 28.0 Å². The molecule has 0 atom stereocenters. The molecule has 0 spiro atoms. The van der Waals surface area contributed by atoms with Crippen LogP contribution in [0.2, 0.25) is 0 Å². The number of rotatable bonds is 3. The van der Waals surface area contributed by atoms with Crippen LogP contribution in [0.1, 0.15) is 20.8 Å². The number of anilines is 2. The maximum atomic E-state index is 12.4. The van der Waals surface area contributed by atoms with Gasteiger partial charge in [0.15, 0.2) is 0 Å². The first-order valence-corrected chi connectivity index (χ1v) is 7.46. The standard InChI is InChI=1S/C13H20BrN5O/c1-5-15-10-9(14)11(17-8-16-10)19-7-6-18(4)12(20)13(19,2)3/h8H,5-7H2,1-4H3,(H,15,16,17). The fourth-order valence-electron chi connectivity index (χ4n) is 2.42. The highest BCUT2D eigenvalue weighted by Crippen LogP contribution is 2.35. The monoisotopic (exact) mass is 341 g/mol. The van der Waals surface area contributed by atoms with E-state index in [9.17, 15) is 4.79 Å². The molecule has 1 aliphatic rings. The SMILES string of the molecule is CCNc1ncnc(N2CCN(C)C(=O)C2(C)C)c1Br. The molecule has 0 aliphatic carbocycles. The molecule has 0 aromatic carbocycles. The van der Waals surface area contributed by atoms with E-state index in [1.54, 1.807) is 4.90 Å². The van der Waals surface area contributed by atoms with Crippen LogP contribution in [0.25, 0.3) is 0 Å². The molecule has 0 radical (unpaired) electrons. The van der Waals surface area contributed by atoms with Crippen molar-refractivity contribution in [2.45, 2.75) is 26.3 Å². The van der Waals surface area contributed by atoms with Crippen molar-refractivity contribution in [3.05, 3.63) is 10.8 Å². The number of nitrogens with one attached hydrogen (secondary N) is 1. The van der Waals surface area contributed by atoms with Gasteiger partial charge in [0.05, 0.1) is 0 Å². The zero-order chi connectivity index (χ0) is 14.9. The van der Waals surface area contributed by atoms with Crippen molar-refractivity contribution in [2.24, 2.45) is 0 Å². The summed E-state index contributed by atoms with van der Waals surface area (Å²) in [5.41, 5.74) is -0.618. The molecule has 0 bridgehead atoms. The molecular weight excluding hydrogens is 322 g/mol. The van der Waals surface area contributed by atoms with Crippen molar-refractivity contribution in [2.75, 3.05) is 36.9 Å². The summed E-state index contributed by atoms with van der Waals surface area (Å²) in [6.45, 7) is 8.07.